The fourth-order valence-corrected chi connectivity index (χ4v) is 2.07. The summed E-state index contributed by atoms with van der Waals surface area (Å²) in [5.41, 5.74) is 2.47. The maximum Gasteiger partial charge on any atom is 0.104 e. The fraction of sp³-hybridized carbons (Fsp3) is 0.615. The monoisotopic (exact) mass is 205 g/mol. The van der Waals surface area contributed by atoms with E-state index in [1.807, 2.05) is 6.92 Å². The van der Waals surface area contributed by atoms with Crippen LogP contribution in [0.1, 0.15) is 51.1 Å². The van der Waals surface area contributed by atoms with Gasteiger partial charge >= 0.3 is 0 Å². The van der Waals surface area contributed by atoms with Gasteiger partial charge in [0.15, 0.2) is 0 Å². The third kappa shape index (κ3) is 1.78. The maximum absolute atomic E-state index is 10.2. The zero-order valence-corrected chi connectivity index (χ0v) is 9.96. The van der Waals surface area contributed by atoms with Crippen molar-refractivity contribution in [3.63, 3.8) is 0 Å². The van der Waals surface area contributed by atoms with Crippen molar-refractivity contribution in [1.29, 1.82) is 0 Å². The molecule has 82 valence electrons. The lowest BCUT2D eigenvalue weighted by Crippen LogP contribution is -2.21. The summed E-state index contributed by atoms with van der Waals surface area (Å²) >= 11 is 0. The highest BCUT2D eigenvalue weighted by Gasteiger charge is 2.34. The molecule has 15 heavy (non-hydrogen) atoms. The van der Waals surface area contributed by atoms with Crippen LogP contribution in [0.5, 0.6) is 0 Å². The van der Waals surface area contributed by atoms with Crippen LogP contribution in [0.2, 0.25) is 0 Å². The number of nitrogens with zero attached hydrogens (tertiary/aromatic N) is 1. The molecule has 1 atom stereocenters. The molecule has 1 N–H and O–H groups in total. The summed E-state index contributed by atoms with van der Waals surface area (Å²) in [7, 11) is 0. The van der Waals surface area contributed by atoms with Gasteiger partial charge in [-0.05, 0) is 31.4 Å². The molecule has 2 heteroatoms. The van der Waals surface area contributed by atoms with Crippen molar-refractivity contribution in [3.8, 4) is 0 Å². The SMILES string of the molecule is CC(C)(C)c1ccc2c(n1)C(C)(O)CC2. The molecule has 1 aromatic heterocycles. The van der Waals surface area contributed by atoms with Gasteiger partial charge in [0.1, 0.15) is 5.60 Å². The average molecular weight is 205 g/mol. The number of aryl methyl sites for hydroxylation is 1. The van der Waals surface area contributed by atoms with E-state index in [1.165, 1.54) is 5.56 Å². The van der Waals surface area contributed by atoms with Gasteiger partial charge in [-0.3, -0.25) is 4.98 Å². The minimum Gasteiger partial charge on any atom is -0.384 e. The summed E-state index contributed by atoms with van der Waals surface area (Å²) in [5.74, 6) is 0. The van der Waals surface area contributed by atoms with Gasteiger partial charge in [-0.25, -0.2) is 0 Å². The van der Waals surface area contributed by atoms with E-state index < -0.39 is 5.60 Å². The lowest BCUT2D eigenvalue weighted by atomic mass is 9.90. The third-order valence-electron chi connectivity index (χ3n) is 3.14. The molecule has 2 nitrogen and oxygen atoms in total. The van der Waals surface area contributed by atoms with Crippen LogP contribution < -0.4 is 0 Å². The first kappa shape index (κ1) is 10.6. The molecule has 0 saturated carbocycles. The maximum atomic E-state index is 10.2. The molecule has 0 amide bonds. The normalized spacial score (nSPS) is 25.4. The number of aliphatic hydroxyl groups is 1. The first-order valence-corrected chi connectivity index (χ1v) is 5.54. The van der Waals surface area contributed by atoms with E-state index in [9.17, 15) is 5.11 Å². The van der Waals surface area contributed by atoms with Crippen molar-refractivity contribution in [1.82, 2.24) is 4.98 Å². The van der Waals surface area contributed by atoms with Crippen LogP contribution in [-0.4, -0.2) is 10.1 Å². The van der Waals surface area contributed by atoms with Gasteiger partial charge in [-0.15, -0.1) is 0 Å². The first-order chi connectivity index (χ1) is 6.81. The smallest absolute Gasteiger partial charge is 0.104 e. The van der Waals surface area contributed by atoms with Gasteiger partial charge in [-0.1, -0.05) is 26.8 Å². The Kier molecular flexibility index (Phi) is 2.16. The van der Waals surface area contributed by atoms with Crippen LogP contribution in [-0.2, 0) is 17.4 Å². The van der Waals surface area contributed by atoms with Gasteiger partial charge in [0.2, 0.25) is 0 Å². The van der Waals surface area contributed by atoms with Gasteiger partial charge in [0.05, 0.1) is 5.69 Å². The predicted molar refractivity (Wildman–Crippen MR) is 60.8 cm³/mol. The van der Waals surface area contributed by atoms with E-state index >= 15 is 0 Å². The van der Waals surface area contributed by atoms with Crippen molar-refractivity contribution >= 4 is 0 Å². The van der Waals surface area contributed by atoms with Crippen molar-refractivity contribution < 1.29 is 5.11 Å². The Bertz CT molecular complexity index is 388. The molecule has 0 spiro atoms. The summed E-state index contributed by atoms with van der Waals surface area (Å²) in [5, 5.41) is 10.2. The van der Waals surface area contributed by atoms with Crippen molar-refractivity contribution in [2.24, 2.45) is 0 Å². The van der Waals surface area contributed by atoms with Gasteiger partial charge < -0.3 is 5.11 Å². The number of rotatable bonds is 0. The molecular formula is C13H19NO. The Labute approximate surface area is 91.4 Å². The molecule has 0 radical (unpaired) electrons. The van der Waals surface area contributed by atoms with Gasteiger partial charge in [-0.2, -0.15) is 0 Å². The number of fused-ring (bicyclic) bond motifs is 1. The minimum atomic E-state index is -0.726. The van der Waals surface area contributed by atoms with Crippen molar-refractivity contribution in [2.45, 2.75) is 51.6 Å². The highest BCUT2D eigenvalue weighted by Crippen LogP contribution is 2.36. The molecule has 0 aromatic carbocycles. The Morgan fingerprint density at radius 3 is 2.60 bits per heavy atom. The number of hydrogen-bond acceptors (Lipinski definition) is 2. The zero-order valence-electron chi connectivity index (χ0n) is 9.96. The third-order valence-corrected chi connectivity index (χ3v) is 3.14. The highest BCUT2D eigenvalue weighted by atomic mass is 16.3. The van der Waals surface area contributed by atoms with Crippen LogP contribution in [0, 0.1) is 0 Å². The number of hydrogen-bond donors (Lipinski definition) is 1. The molecule has 1 aliphatic rings. The molecule has 1 heterocycles. The molecule has 0 bridgehead atoms. The van der Waals surface area contributed by atoms with E-state index in [-0.39, 0.29) is 5.41 Å². The molecule has 1 unspecified atom stereocenters. The number of pyridine rings is 1. The second-order valence-corrected chi connectivity index (χ2v) is 5.73. The van der Waals surface area contributed by atoms with E-state index in [1.54, 1.807) is 0 Å². The second kappa shape index (κ2) is 3.05. The fourth-order valence-electron chi connectivity index (χ4n) is 2.07. The average Bonchev–Trinajstić information content (AvgIpc) is 2.41. The van der Waals surface area contributed by atoms with Gasteiger partial charge in [0.25, 0.3) is 0 Å². The number of aromatic nitrogens is 1. The summed E-state index contributed by atoms with van der Waals surface area (Å²) in [6.45, 7) is 8.29. The molecule has 1 aliphatic carbocycles. The summed E-state index contributed by atoms with van der Waals surface area (Å²) < 4.78 is 0. The highest BCUT2D eigenvalue weighted by molar-refractivity contribution is 5.33. The topological polar surface area (TPSA) is 33.1 Å². The van der Waals surface area contributed by atoms with Crippen molar-refractivity contribution in [2.75, 3.05) is 0 Å². The Morgan fingerprint density at radius 2 is 2.00 bits per heavy atom. The molecule has 0 aliphatic heterocycles. The van der Waals surface area contributed by atoms with E-state index in [2.05, 4.69) is 37.9 Å². The second-order valence-electron chi connectivity index (χ2n) is 5.73. The molecule has 1 aromatic rings. The largest absolute Gasteiger partial charge is 0.384 e. The van der Waals surface area contributed by atoms with E-state index in [0.717, 1.165) is 24.2 Å². The molecule has 2 rings (SSSR count). The quantitative estimate of drug-likeness (QED) is 0.706. The van der Waals surface area contributed by atoms with Gasteiger partial charge in [0, 0.05) is 11.1 Å². The van der Waals surface area contributed by atoms with Crippen LogP contribution in [0.4, 0.5) is 0 Å². The zero-order chi connectivity index (χ0) is 11.3. The summed E-state index contributed by atoms with van der Waals surface area (Å²) in [6.07, 6.45) is 1.74. The van der Waals surface area contributed by atoms with Crippen molar-refractivity contribution in [3.05, 3.63) is 29.1 Å². The Hall–Kier alpha value is -0.890. The lowest BCUT2D eigenvalue weighted by Gasteiger charge is -2.22. The van der Waals surface area contributed by atoms with Crippen LogP contribution in [0.25, 0.3) is 0 Å². The summed E-state index contributed by atoms with van der Waals surface area (Å²) in [6, 6.07) is 4.20. The van der Waals surface area contributed by atoms with E-state index in [4.69, 9.17) is 0 Å². The molecule has 0 fully saturated rings. The Morgan fingerprint density at radius 1 is 1.33 bits per heavy atom. The van der Waals surface area contributed by atoms with Crippen LogP contribution in [0.3, 0.4) is 0 Å². The van der Waals surface area contributed by atoms with Crippen LogP contribution >= 0.6 is 0 Å². The molecule has 0 saturated heterocycles. The Balaban J connectivity index is 2.51. The standard InChI is InChI=1S/C13H19NO/c1-12(2,3)10-6-5-9-7-8-13(4,15)11(9)14-10/h5-6,15H,7-8H2,1-4H3. The predicted octanol–water partition coefficient (Wildman–Crippen LogP) is 2.53. The summed E-state index contributed by atoms with van der Waals surface area (Å²) in [4.78, 5) is 4.63. The van der Waals surface area contributed by atoms with Crippen LogP contribution in [0.15, 0.2) is 12.1 Å². The lowest BCUT2D eigenvalue weighted by molar-refractivity contribution is 0.0550. The molecular weight excluding hydrogens is 186 g/mol. The first-order valence-electron chi connectivity index (χ1n) is 5.54. The van der Waals surface area contributed by atoms with E-state index in [0.29, 0.717) is 0 Å². The minimum absolute atomic E-state index is 0.0493.